The van der Waals surface area contributed by atoms with Crippen LogP contribution in [0.15, 0.2) is 29.2 Å². The van der Waals surface area contributed by atoms with Crippen LogP contribution in [-0.4, -0.2) is 57.6 Å². The van der Waals surface area contributed by atoms with Gasteiger partial charge in [-0.3, -0.25) is 9.69 Å². The fourth-order valence-corrected chi connectivity index (χ4v) is 3.56. The highest BCUT2D eigenvalue weighted by atomic mass is 32.2. The maximum Gasteiger partial charge on any atom is 0.401 e. The Labute approximate surface area is 158 Å². The first kappa shape index (κ1) is 23.4. The van der Waals surface area contributed by atoms with Crippen LogP contribution in [0.5, 0.6) is 0 Å². The summed E-state index contributed by atoms with van der Waals surface area (Å²) < 4.78 is 64.0. The molecular weight excluding hydrogens is 383 g/mol. The molecule has 0 fully saturated rings. The van der Waals surface area contributed by atoms with Gasteiger partial charge < -0.3 is 5.32 Å². The van der Waals surface area contributed by atoms with E-state index in [1.165, 1.54) is 29.2 Å². The molecule has 0 saturated carbocycles. The lowest BCUT2D eigenvalue weighted by Gasteiger charge is -2.21. The van der Waals surface area contributed by atoms with Gasteiger partial charge in [0.25, 0.3) is 5.91 Å². The predicted octanol–water partition coefficient (Wildman–Crippen LogP) is 2.38. The maximum atomic E-state index is 12.4. The van der Waals surface area contributed by atoms with E-state index in [9.17, 15) is 26.4 Å². The lowest BCUT2D eigenvalue weighted by molar-refractivity contribution is -0.145. The molecule has 1 aromatic carbocycles. The highest BCUT2D eigenvalue weighted by Crippen LogP contribution is 2.16. The largest absolute Gasteiger partial charge is 0.401 e. The van der Waals surface area contributed by atoms with Gasteiger partial charge in [-0.05, 0) is 44.2 Å². The summed E-state index contributed by atoms with van der Waals surface area (Å²) in [6, 6.07) is 5.17. The van der Waals surface area contributed by atoms with Crippen LogP contribution < -0.4 is 10.0 Å². The van der Waals surface area contributed by atoms with Crippen LogP contribution in [0.1, 0.15) is 37.6 Å². The molecule has 1 rings (SSSR count). The Morgan fingerprint density at radius 3 is 2.26 bits per heavy atom. The zero-order chi connectivity index (χ0) is 20.7. The fraction of sp³-hybridized carbons (Fsp3) is 0.588. The number of nitrogens with zero attached hydrogens (tertiary/aromatic N) is 1. The number of carbonyl (C=O) groups is 1. The number of rotatable bonds is 10. The molecule has 0 unspecified atom stereocenters. The Balaban J connectivity index is 2.62. The Kier molecular flexibility index (Phi) is 8.70. The molecule has 1 amide bonds. The Morgan fingerprint density at radius 1 is 1.19 bits per heavy atom. The van der Waals surface area contributed by atoms with Gasteiger partial charge in [0.15, 0.2) is 0 Å². The van der Waals surface area contributed by atoms with Gasteiger partial charge in [-0.15, -0.1) is 0 Å². The number of amides is 1. The van der Waals surface area contributed by atoms with Crippen molar-refractivity contribution in [1.82, 2.24) is 14.9 Å². The summed E-state index contributed by atoms with van der Waals surface area (Å²) in [6.07, 6.45) is -3.65. The molecular formula is C17H26F3N3O3S. The average molecular weight is 409 g/mol. The molecule has 0 aliphatic carbocycles. The molecule has 0 radical (unpaired) electrons. The van der Waals surface area contributed by atoms with Crippen molar-refractivity contribution in [3.63, 3.8) is 0 Å². The van der Waals surface area contributed by atoms with Crippen LogP contribution >= 0.6 is 0 Å². The number of nitrogens with one attached hydrogen (secondary N) is 2. The number of halogens is 3. The van der Waals surface area contributed by atoms with E-state index in [0.29, 0.717) is 6.42 Å². The van der Waals surface area contributed by atoms with Crippen molar-refractivity contribution in [1.29, 1.82) is 0 Å². The van der Waals surface area contributed by atoms with Crippen molar-refractivity contribution < 1.29 is 26.4 Å². The van der Waals surface area contributed by atoms with Crippen molar-refractivity contribution in [3.05, 3.63) is 29.8 Å². The number of hydrogen-bond donors (Lipinski definition) is 2. The molecule has 0 bridgehead atoms. The minimum absolute atomic E-state index is 0.0432. The highest BCUT2D eigenvalue weighted by Gasteiger charge is 2.29. The maximum absolute atomic E-state index is 12.4. The molecule has 154 valence electrons. The third kappa shape index (κ3) is 8.27. The van der Waals surface area contributed by atoms with Gasteiger partial charge >= 0.3 is 6.18 Å². The monoisotopic (exact) mass is 409 g/mol. The lowest BCUT2D eigenvalue weighted by Crippen LogP contribution is -2.39. The normalized spacial score (nSPS) is 13.6. The predicted molar refractivity (Wildman–Crippen MR) is 97.0 cm³/mol. The first-order valence-electron chi connectivity index (χ1n) is 8.68. The molecule has 10 heteroatoms. The minimum atomic E-state index is -4.29. The summed E-state index contributed by atoms with van der Waals surface area (Å²) in [4.78, 5) is 13.3. The van der Waals surface area contributed by atoms with Crippen molar-refractivity contribution in [2.24, 2.45) is 0 Å². The van der Waals surface area contributed by atoms with Crippen LogP contribution in [0, 0.1) is 0 Å². The smallest absolute Gasteiger partial charge is 0.351 e. The Hall–Kier alpha value is -1.65. The van der Waals surface area contributed by atoms with Crippen molar-refractivity contribution >= 4 is 15.9 Å². The van der Waals surface area contributed by atoms with Crippen LogP contribution in [0.2, 0.25) is 0 Å². The van der Waals surface area contributed by atoms with Gasteiger partial charge in [-0.2, -0.15) is 13.2 Å². The molecule has 27 heavy (non-hydrogen) atoms. The summed E-state index contributed by atoms with van der Waals surface area (Å²) in [5.41, 5.74) is 0.233. The van der Waals surface area contributed by atoms with Gasteiger partial charge in [0.05, 0.1) is 11.4 Å². The van der Waals surface area contributed by atoms with Crippen molar-refractivity contribution in [2.45, 2.75) is 44.3 Å². The summed E-state index contributed by atoms with van der Waals surface area (Å²) in [5, 5.41) is 2.54. The lowest BCUT2D eigenvalue weighted by atomic mass is 10.2. The Bertz CT molecular complexity index is 706. The van der Waals surface area contributed by atoms with E-state index in [1.54, 1.807) is 13.8 Å². The van der Waals surface area contributed by atoms with Crippen LogP contribution in [0.25, 0.3) is 0 Å². The van der Waals surface area contributed by atoms with Crippen LogP contribution in [0.4, 0.5) is 13.2 Å². The number of alkyl halides is 3. The van der Waals surface area contributed by atoms with Gasteiger partial charge in [-0.25, -0.2) is 13.1 Å². The van der Waals surface area contributed by atoms with E-state index in [0.717, 1.165) is 0 Å². The number of carbonyl (C=O) groups excluding carboxylic acids is 1. The third-order valence-electron chi connectivity index (χ3n) is 3.96. The Morgan fingerprint density at radius 2 is 1.78 bits per heavy atom. The summed E-state index contributed by atoms with van der Waals surface area (Å²) in [5.74, 6) is -0.475. The molecule has 0 aliphatic rings. The van der Waals surface area contributed by atoms with E-state index < -0.39 is 28.7 Å². The molecule has 0 spiro atoms. The molecule has 0 aromatic heterocycles. The molecule has 6 nitrogen and oxygen atoms in total. The standard InChI is InChI=1S/C17H26F3N3O3S/c1-4-13(3)22-27(25,26)15-8-6-14(7-9-15)16(24)21-10-11-23(5-2)12-17(18,19)20/h6-9,13,22H,4-5,10-12H2,1-3H3,(H,21,24)/t13-/m1/s1. The van der Waals surface area contributed by atoms with Crippen LogP contribution in [0.3, 0.4) is 0 Å². The molecule has 1 aromatic rings. The van der Waals surface area contributed by atoms with Gasteiger partial charge in [0, 0.05) is 24.7 Å². The quantitative estimate of drug-likeness (QED) is 0.622. The molecule has 0 aliphatic heterocycles. The number of hydrogen-bond acceptors (Lipinski definition) is 4. The number of likely N-dealkylation sites (N-methyl/N-ethyl adjacent to an activating group) is 1. The summed E-state index contributed by atoms with van der Waals surface area (Å²) >= 11 is 0. The second kappa shape index (κ2) is 10.0. The van der Waals surface area contributed by atoms with E-state index in [1.807, 2.05) is 6.92 Å². The first-order valence-corrected chi connectivity index (χ1v) is 10.2. The fourth-order valence-electron chi connectivity index (χ4n) is 2.23. The number of sulfonamides is 1. The molecule has 1 atom stereocenters. The summed E-state index contributed by atoms with van der Waals surface area (Å²) in [7, 11) is -3.66. The molecule has 0 heterocycles. The van der Waals surface area contributed by atoms with Gasteiger partial charge in [0.2, 0.25) is 10.0 Å². The van der Waals surface area contributed by atoms with E-state index in [2.05, 4.69) is 10.0 Å². The topological polar surface area (TPSA) is 78.5 Å². The van der Waals surface area contributed by atoms with Crippen molar-refractivity contribution in [3.8, 4) is 0 Å². The van der Waals surface area contributed by atoms with E-state index in [-0.39, 0.29) is 36.1 Å². The second-order valence-electron chi connectivity index (χ2n) is 6.19. The van der Waals surface area contributed by atoms with Gasteiger partial charge in [-0.1, -0.05) is 13.8 Å². The summed E-state index contributed by atoms with van der Waals surface area (Å²) in [6.45, 7) is 4.51. The first-order chi connectivity index (χ1) is 12.5. The van der Waals surface area contributed by atoms with E-state index in [4.69, 9.17) is 0 Å². The van der Waals surface area contributed by atoms with Gasteiger partial charge in [0.1, 0.15) is 0 Å². The minimum Gasteiger partial charge on any atom is -0.351 e. The SMILES string of the molecule is CC[C@@H](C)NS(=O)(=O)c1ccc(C(=O)NCCN(CC)CC(F)(F)F)cc1. The average Bonchev–Trinajstić information content (AvgIpc) is 2.59. The third-order valence-corrected chi connectivity index (χ3v) is 5.56. The highest BCUT2D eigenvalue weighted by molar-refractivity contribution is 7.89. The van der Waals surface area contributed by atoms with Crippen LogP contribution in [-0.2, 0) is 10.0 Å². The number of benzene rings is 1. The second-order valence-corrected chi connectivity index (χ2v) is 7.91. The van der Waals surface area contributed by atoms with Crippen molar-refractivity contribution in [2.75, 3.05) is 26.2 Å². The molecule has 2 N–H and O–H groups in total. The zero-order valence-electron chi connectivity index (χ0n) is 15.6. The van der Waals surface area contributed by atoms with E-state index >= 15 is 0 Å². The zero-order valence-corrected chi connectivity index (χ0v) is 16.5. The molecule has 0 saturated heterocycles.